The molecule has 2 saturated carbocycles. The molecular weight excluding hydrogens is 841 g/mol. The Morgan fingerprint density at radius 3 is 2.23 bits per heavy atom. The Morgan fingerprint density at radius 1 is 0.859 bits per heavy atom. The van der Waals surface area contributed by atoms with Gasteiger partial charge in [0.25, 0.3) is 5.91 Å². The summed E-state index contributed by atoms with van der Waals surface area (Å²) in [6.45, 7) is 12.5. The first-order chi connectivity index (χ1) is 30.8. The molecule has 0 radical (unpaired) electrons. The molecule has 2 amide bonds. The van der Waals surface area contributed by atoms with E-state index in [1.54, 1.807) is 30.6 Å². The van der Waals surface area contributed by atoms with E-state index in [4.69, 9.17) is 18.9 Å². The molecule has 2 saturated heterocycles. The van der Waals surface area contributed by atoms with Gasteiger partial charge in [-0.15, -0.1) is 22.7 Å². The van der Waals surface area contributed by atoms with Crippen LogP contribution < -0.4 is 24.8 Å². The lowest BCUT2D eigenvalue weighted by atomic mass is 9.85. The van der Waals surface area contributed by atoms with Gasteiger partial charge in [0.05, 0.1) is 13.7 Å². The van der Waals surface area contributed by atoms with Crippen molar-refractivity contribution in [2.45, 2.75) is 147 Å². The Labute approximate surface area is 387 Å². The lowest BCUT2D eigenvalue weighted by Crippen LogP contribution is -2.48. The van der Waals surface area contributed by atoms with E-state index in [2.05, 4.69) is 76.2 Å². The maximum Gasteiger partial charge on any atom is 0.410 e. The van der Waals surface area contributed by atoms with Crippen molar-refractivity contribution >= 4 is 54.8 Å². The summed E-state index contributed by atoms with van der Waals surface area (Å²) in [5.74, 6) is 2.19. The second-order valence-corrected chi connectivity index (χ2v) is 22.4. The summed E-state index contributed by atoms with van der Waals surface area (Å²) in [5, 5.41) is 10.0. The maximum absolute atomic E-state index is 14.0. The average Bonchev–Trinajstić information content (AvgIpc) is 4.09. The van der Waals surface area contributed by atoms with Crippen LogP contribution in [-0.2, 0) is 17.8 Å². The Kier molecular flexibility index (Phi) is 13.2. The fourth-order valence-electron chi connectivity index (χ4n) is 10.9. The van der Waals surface area contributed by atoms with E-state index < -0.39 is 11.4 Å². The summed E-state index contributed by atoms with van der Waals surface area (Å²) in [6, 6.07) is 26.5. The molecule has 2 aliphatic carbocycles. The van der Waals surface area contributed by atoms with Gasteiger partial charge >= 0.3 is 6.09 Å². The molecule has 2 aromatic heterocycles. The largest absolute Gasteiger partial charge is 0.493 e. The van der Waals surface area contributed by atoms with E-state index in [1.807, 2.05) is 50.9 Å². The first-order valence-electron chi connectivity index (χ1n) is 23.6. The molecule has 5 aliphatic rings. The molecule has 64 heavy (non-hydrogen) atoms. The number of benzene rings is 3. The van der Waals surface area contributed by atoms with Crippen molar-refractivity contribution in [3.63, 3.8) is 0 Å². The minimum absolute atomic E-state index is 0.0152. The van der Waals surface area contributed by atoms with Crippen molar-refractivity contribution in [3.05, 3.63) is 88.1 Å². The van der Waals surface area contributed by atoms with E-state index >= 15 is 0 Å². The molecule has 3 aromatic carbocycles. The number of fused-ring (bicyclic) bond motifs is 5. The average molecular weight is 907 g/mol. The number of nitrogens with one attached hydrogen (secondary N) is 2. The first kappa shape index (κ1) is 44.8. The molecule has 5 aromatic rings. The normalized spacial score (nSPS) is 24.5. The number of likely N-dealkylation sites (tertiary alicyclic amines) is 1. The summed E-state index contributed by atoms with van der Waals surface area (Å²) in [6.07, 6.45) is 12.2. The number of rotatable bonds is 10. The molecule has 10 nitrogen and oxygen atoms in total. The molecule has 0 bridgehead atoms. The van der Waals surface area contributed by atoms with E-state index in [9.17, 15) is 9.59 Å². The highest BCUT2D eigenvalue weighted by atomic mass is 32.1. The smallest absolute Gasteiger partial charge is 0.410 e. The van der Waals surface area contributed by atoms with Crippen LogP contribution in [0.5, 0.6) is 17.2 Å². The van der Waals surface area contributed by atoms with Gasteiger partial charge < -0.3 is 39.4 Å². The molecule has 0 spiro atoms. The summed E-state index contributed by atoms with van der Waals surface area (Å²) in [5.41, 5.74) is 0.113. The predicted octanol–water partition coefficient (Wildman–Crippen LogP) is 11.5. The van der Waals surface area contributed by atoms with Crippen molar-refractivity contribution < 1.29 is 28.5 Å². The van der Waals surface area contributed by atoms with Crippen molar-refractivity contribution in [3.8, 4) is 17.2 Å². The van der Waals surface area contributed by atoms with Crippen LogP contribution in [0, 0.1) is 11.8 Å². The molecule has 5 heterocycles. The Balaban J connectivity index is 0.000000167. The van der Waals surface area contributed by atoms with E-state index in [0.29, 0.717) is 59.9 Å². The molecule has 342 valence electrons. The first-order valence-corrected chi connectivity index (χ1v) is 25.2. The van der Waals surface area contributed by atoms with E-state index in [-0.39, 0.29) is 18.0 Å². The molecule has 4 fully saturated rings. The van der Waals surface area contributed by atoms with Gasteiger partial charge in [-0.1, -0.05) is 62.1 Å². The van der Waals surface area contributed by atoms with Crippen LogP contribution in [0.3, 0.4) is 0 Å². The Bertz CT molecular complexity index is 2360. The van der Waals surface area contributed by atoms with Crippen molar-refractivity contribution in [2.24, 2.45) is 11.8 Å². The molecule has 2 N–H and O–H groups in total. The number of hydrogen-bond acceptors (Lipinski definition) is 10. The highest BCUT2D eigenvalue weighted by Crippen LogP contribution is 2.47. The maximum atomic E-state index is 14.0. The number of amides is 2. The zero-order chi connectivity index (χ0) is 44.6. The highest BCUT2D eigenvalue weighted by Gasteiger charge is 2.46. The minimum Gasteiger partial charge on any atom is -0.493 e. The lowest BCUT2D eigenvalue weighted by Gasteiger charge is -2.35. The van der Waals surface area contributed by atoms with Crippen LogP contribution in [0.25, 0.3) is 20.2 Å². The number of carbonyl (C=O) groups excluding carboxylic acids is 2. The van der Waals surface area contributed by atoms with Gasteiger partial charge in [-0.3, -0.25) is 4.79 Å². The number of ether oxygens (including phenoxy) is 4. The van der Waals surface area contributed by atoms with Gasteiger partial charge in [0, 0.05) is 82.4 Å². The van der Waals surface area contributed by atoms with Crippen molar-refractivity contribution in [1.82, 2.24) is 20.4 Å². The van der Waals surface area contributed by atoms with Crippen molar-refractivity contribution in [2.75, 3.05) is 20.2 Å². The number of carbonyl (C=O) groups is 2. The summed E-state index contributed by atoms with van der Waals surface area (Å²) >= 11 is 3.61. The monoisotopic (exact) mass is 906 g/mol. The van der Waals surface area contributed by atoms with Crippen LogP contribution in [0.1, 0.15) is 119 Å². The summed E-state index contributed by atoms with van der Waals surface area (Å²) in [7, 11) is 1.59. The van der Waals surface area contributed by atoms with E-state index in [1.165, 1.54) is 74.9 Å². The Hall–Kier alpha value is -4.36. The number of methoxy groups -OCH3 is 1. The van der Waals surface area contributed by atoms with Gasteiger partial charge in [0.2, 0.25) is 11.5 Å². The number of hydrogen-bond donors (Lipinski definition) is 2. The van der Waals surface area contributed by atoms with Gasteiger partial charge in [0.15, 0.2) is 11.5 Å². The standard InChI is InChI=1S/C29H34N2O4S.C23H32N2O2S/c1-29(2)34-25-15-20(14-24(33-3)27(25)35-29)28(32)31(16-21-12-18-8-4-6-10-23(18)30-21)17-22-13-19-9-5-7-11-26(19)36-22;1-23(2,3)27-22(26)25-18(12-16-8-4-6-10-20(16)25)14-24-15-19-13-17-9-5-7-11-21(17)28-19/h5,7,9,11,13-15,18,21,23,30H,4,6,8,10,12,16-17H2,1-3H3;5,7,9,11,13,16,18,20,24H,4,6,8,10,12,14-15H2,1-3H3/t18-,21-,23-;16-,18-,20-/m00/s1. The molecule has 12 heteroatoms. The zero-order valence-electron chi connectivity index (χ0n) is 38.5. The summed E-state index contributed by atoms with van der Waals surface area (Å²) in [4.78, 5) is 33.6. The van der Waals surface area contributed by atoms with Crippen LogP contribution in [0.2, 0.25) is 0 Å². The Morgan fingerprint density at radius 2 is 1.53 bits per heavy atom. The third-order valence-corrected chi connectivity index (χ3v) is 15.9. The van der Waals surface area contributed by atoms with Gasteiger partial charge in [0.1, 0.15) is 5.60 Å². The fraction of sp³-hybridized carbons (Fsp3) is 0.538. The second-order valence-electron chi connectivity index (χ2n) is 20.1. The van der Waals surface area contributed by atoms with Gasteiger partial charge in [-0.05, 0) is 118 Å². The number of nitrogens with zero attached hydrogens (tertiary/aromatic N) is 2. The van der Waals surface area contributed by atoms with Crippen LogP contribution in [0.4, 0.5) is 4.79 Å². The molecule has 6 atom stereocenters. The SMILES string of the molecule is CC(C)(C)OC(=O)N1[C@H](CNCc2cc3ccccc3s2)C[C@@H]2CCCC[C@@H]21.COc1cc(C(=O)N(Cc2cc3ccccc3s2)C[C@@H]2C[C@@H]3CCCC[C@@H]3N2)cc2c1OC(C)(C)O2. The van der Waals surface area contributed by atoms with E-state index in [0.717, 1.165) is 38.3 Å². The van der Waals surface area contributed by atoms with Crippen LogP contribution >= 0.6 is 22.7 Å². The quantitative estimate of drug-likeness (QED) is 0.143. The second kappa shape index (κ2) is 18.9. The fourth-order valence-corrected chi connectivity index (χ4v) is 13.0. The minimum atomic E-state index is -0.794. The lowest BCUT2D eigenvalue weighted by molar-refractivity contribution is -0.0439. The number of thiophene rings is 2. The van der Waals surface area contributed by atoms with Crippen molar-refractivity contribution in [1.29, 1.82) is 0 Å². The van der Waals surface area contributed by atoms with Gasteiger partial charge in [-0.25, -0.2) is 4.79 Å². The van der Waals surface area contributed by atoms with Crippen LogP contribution in [0.15, 0.2) is 72.8 Å². The third kappa shape index (κ3) is 10.2. The topological polar surface area (TPSA) is 102 Å². The zero-order valence-corrected chi connectivity index (χ0v) is 40.1. The third-order valence-electron chi connectivity index (χ3n) is 13.6. The molecule has 10 rings (SSSR count). The molecule has 0 unspecified atom stereocenters. The molecular formula is C52H66N4O6S2. The molecule has 3 aliphatic heterocycles. The predicted molar refractivity (Wildman–Crippen MR) is 258 cm³/mol. The highest BCUT2D eigenvalue weighted by molar-refractivity contribution is 7.19. The van der Waals surface area contributed by atoms with Gasteiger partial charge in [-0.2, -0.15) is 0 Å². The van der Waals surface area contributed by atoms with Crippen LogP contribution in [-0.4, -0.2) is 77.6 Å². The summed E-state index contributed by atoms with van der Waals surface area (Å²) < 4.78 is 25.8.